The van der Waals surface area contributed by atoms with Crippen LogP contribution >= 0.6 is 15.9 Å². The van der Waals surface area contributed by atoms with E-state index in [4.69, 9.17) is 0 Å². The highest BCUT2D eigenvalue weighted by Crippen LogP contribution is 2.24. The largest absolute Gasteiger partial charge is 0.366 e. The first-order valence-corrected chi connectivity index (χ1v) is 6.87. The topological polar surface area (TPSA) is 24.9 Å². The van der Waals surface area contributed by atoms with E-state index < -0.39 is 0 Å². The summed E-state index contributed by atoms with van der Waals surface area (Å²) >= 11 is 3.57. The lowest BCUT2D eigenvalue weighted by atomic mass is 10.1. The third-order valence-electron chi connectivity index (χ3n) is 2.85. The molecule has 0 fully saturated rings. The maximum absolute atomic E-state index is 4.36. The highest BCUT2D eigenvalue weighted by molar-refractivity contribution is 9.10. The van der Waals surface area contributed by atoms with Crippen LogP contribution in [0.5, 0.6) is 0 Å². The quantitative estimate of drug-likeness (QED) is 0.916. The third kappa shape index (κ3) is 3.33. The number of anilines is 1. The molecule has 1 N–H and O–H groups in total. The fourth-order valence-electron chi connectivity index (χ4n) is 1.89. The molecule has 0 amide bonds. The van der Waals surface area contributed by atoms with Gasteiger partial charge in [0.25, 0.3) is 0 Å². The number of aromatic nitrogens is 1. The van der Waals surface area contributed by atoms with Crippen LogP contribution in [0.3, 0.4) is 0 Å². The van der Waals surface area contributed by atoms with E-state index >= 15 is 0 Å². The molecule has 18 heavy (non-hydrogen) atoms. The van der Waals surface area contributed by atoms with Gasteiger partial charge in [-0.1, -0.05) is 30.3 Å². The van der Waals surface area contributed by atoms with Crippen LogP contribution in [-0.2, 0) is 6.42 Å². The van der Waals surface area contributed by atoms with Gasteiger partial charge in [-0.2, -0.15) is 0 Å². The van der Waals surface area contributed by atoms with E-state index in [1.54, 1.807) is 0 Å². The SMILES string of the molecule is Cc1ccnc(NC(C)Cc2ccccc2)c1Br. The summed E-state index contributed by atoms with van der Waals surface area (Å²) in [5.41, 5.74) is 2.53. The van der Waals surface area contributed by atoms with Crippen molar-refractivity contribution >= 4 is 21.7 Å². The number of aryl methyl sites for hydroxylation is 1. The van der Waals surface area contributed by atoms with Crippen LogP contribution in [0, 0.1) is 6.92 Å². The fourth-order valence-corrected chi connectivity index (χ4v) is 2.24. The van der Waals surface area contributed by atoms with Crippen LogP contribution in [-0.4, -0.2) is 11.0 Å². The third-order valence-corrected chi connectivity index (χ3v) is 3.85. The van der Waals surface area contributed by atoms with Gasteiger partial charge in [0.05, 0.1) is 4.47 Å². The van der Waals surface area contributed by atoms with Gasteiger partial charge in [-0.05, 0) is 53.4 Å². The Kier molecular flexibility index (Phi) is 4.37. The van der Waals surface area contributed by atoms with Crippen LogP contribution in [0.2, 0.25) is 0 Å². The van der Waals surface area contributed by atoms with Crippen LogP contribution in [0.15, 0.2) is 47.1 Å². The van der Waals surface area contributed by atoms with Gasteiger partial charge in [0, 0.05) is 12.2 Å². The van der Waals surface area contributed by atoms with Crippen molar-refractivity contribution in [3.8, 4) is 0 Å². The van der Waals surface area contributed by atoms with E-state index in [1.165, 1.54) is 11.1 Å². The summed E-state index contributed by atoms with van der Waals surface area (Å²) in [6.45, 7) is 4.24. The molecule has 0 spiro atoms. The Morgan fingerprint density at radius 1 is 1.22 bits per heavy atom. The van der Waals surface area contributed by atoms with Gasteiger partial charge in [-0.3, -0.25) is 0 Å². The van der Waals surface area contributed by atoms with Gasteiger partial charge < -0.3 is 5.32 Å². The summed E-state index contributed by atoms with van der Waals surface area (Å²) in [7, 11) is 0. The molecule has 94 valence electrons. The van der Waals surface area contributed by atoms with Crippen LogP contribution in [0.1, 0.15) is 18.1 Å². The molecule has 0 aliphatic heterocycles. The van der Waals surface area contributed by atoms with E-state index in [0.29, 0.717) is 6.04 Å². The zero-order valence-corrected chi connectivity index (χ0v) is 12.2. The first-order chi connectivity index (χ1) is 8.66. The molecule has 3 heteroatoms. The second-order valence-corrected chi connectivity index (χ2v) is 5.32. The molecule has 1 aromatic carbocycles. The molecule has 1 unspecified atom stereocenters. The lowest BCUT2D eigenvalue weighted by molar-refractivity contribution is 0.783. The number of nitrogens with zero attached hydrogens (tertiary/aromatic N) is 1. The minimum absolute atomic E-state index is 0.345. The standard InChI is InChI=1S/C15H17BrN2/c1-11-8-9-17-15(14(11)16)18-12(2)10-13-6-4-3-5-7-13/h3-9,12H,10H2,1-2H3,(H,17,18). The maximum atomic E-state index is 4.36. The van der Waals surface area contributed by atoms with Gasteiger partial charge in [0.1, 0.15) is 5.82 Å². The normalized spacial score (nSPS) is 12.2. The van der Waals surface area contributed by atoms with E-state index in [0.717, 1.165) is 16.7 Å². The number of halogens is 1. The predicted octanol–water partition coefficient (Wildman–Crippen LogP) is 4.20. The highest BCUT2D eigenvalue weighted by atomic mass is 79.9. The zero-order chi connectivity index (χ0) is 13.0. The van der Waals surface area contributed by atoms with E-state index in [1.807, 2.05) is 18.3 Å². The van der Waals surface area contributed by atoms with Crippen molar-refractivity contribution < 1.29 is 0 Å². The zero-order valence-electron chi connectivity index (χ0n) is 10.7. The van der Waals surface area contributed by atoms with Gasteiger partial charge in [-0.25, -0.2) is 4.98 Å². The molecular formula is C15H17BrN2. The first kappa shape index (κ1) is 13.1. The molecule has 0 aliphatic carbocycles. The number of hydrogen-bond acceptors (Lipinski definition) is 2. The van der Waals surface area contributed by atoms with E-state index in [-0.39, 0.29) is 0 Å². The van der Waals surface area contributed by atoms with Crippen LogP contribution in [0.25, 0.3) is 0 Å². The lowest BCUT2D eigenvalue weighted by Crippen LogP contribution is -2.19. The second-order valence-electron chi connectivity index (χ2n) is 4.53. The van der Waals surface area contributed by atoms with Crippen molar-refractivity contribution in [2.45, 2.75) is 26.3 Å². The first-order valence-electron chi connectivity index (χ1n) is 6.08. The number of nitrogens with one attached hydrogen (secondary N) is 1. The Hall–Kier alpha value is -1.35. The summed E-state index contributed by atoms with van der Waals surface area (Å²) < 4.78 is 1.05. The molecule has 1 heterocycles. The van der Waals surface area contributed by atoms with Crippen molar-refractivity contribution in [1.29, 1.82) is 0 Å². The lowest BCUT2D eigenvalue weighted by Gasteiger charge is -2.16. The van der Waals surface area contributed by atoms with Gasteiger partial charge in [0.2, 0.25) is 0 Å². The molecule has 1 aromatic heterocycles. The smallest absolute Gasteiger partial charge is 0.140 e. The molecule has 2 rings (SSSR count). The van der Waals surface area contributed by atoms with Crippen LogP contribution < -0.4 is 5.32 Å². The maximum Gasteiger partial charge on any atom is 0.140 e. The van der Waals surface area contributed by atoms with E-state index in [9.17, 15) is 0 Å². The van der Waals surface area contributed by atoms with Crippen molar-refractivity contribution in [1.82, 2.24) is 4.98 Å². The average Bonchev–Trinajstić information content (AvgIpc) is 2.36. The minimum Gasteiger partial charge on any atom is -0.366 e. The van der Waals surface area contributed by atoms with Gasteiger partial charge >= 0.3 is 0 Å². The predicted molar refractivity (Wildman–Crippen MR) is 79.9 cm³/mol. The van der Waals surface area contributed by atoms with Gasteiger partial charge in [-0.15, -0.1) is 0 Å². The minimum atomic E-state index is 0.345. The van der Waals surface area contributed by atoms with E-state index in [2.05, 4.69) is 64.3 Å². The summed E-state index contributed by atoms with van der Waals surface area (Å²) in [4.78, 5) is 4.36. The summed E-state index contributed by atoms with van der Waals surface area (Å²) in [5.74, 6) is 0.915. The van der Waals surface area contributed by atoms with Crippen molar-refractivity contribution in [2.75, 3.05) is 5.32 Å². The number of hydrogen-bond donors (Lipinski definition) is 1. The summed E-state index contributed by atoms with van der Waals surface area (Å²) in [6.07, 6.45) is 2.82. The Balaban J connectivity index is 2.03. The molecule has 1 atom stereocenters. The Morgan fingerprint density at radius 2 is 1.94 bits per heavy atom. The van der Waals surface area contributed by atoms with Crippen molar-refractivity contribution in [3.05, 3.63) is 58.2 Å². The monoisotopic (exact) mass is 304 g/mol. The number of pyridine rings is 1. The average molecular weight is 305 g/mol. The van der Waals surface area contributed by atoms with Gasteiger partial charge in [0.15, 0.2) is 0 Å². The highest BCUT2D eigenvalue weighted by Gasteiger charge is 2.08. The molecular weight excluding hydrogens is 288 g/mol. The molecule has 0 saturated carbocycles. The Bertz CT molecular complexity index is 511. The molecule has 0 aliphatic rings. The Morgan fingerprint density at radius 3 is 2.67 bits per heavy atom. The molecule has 2 aromatic rings. The Labute approximate surface area is 117 Å². The summed E-state index contributed by atoms with van der Waals surface area (Å²) in [6, 6.07) is 12.8. The molecule has 0 bridgehead atoms. The second kappa shape index (κ2) is 6.01. The van der Waals surface area contributed by atoms with Crippen molar-refractivity contribution in [2.24, 2.45) is 0 Å². The number of rotatable bonds is 4. The molecule has 2 nitrogen and oxygen atoms in total. The summed E-state index contributed by atoms with van der Waals surface area (Å²) in [5, 5.41) is 3.44. The molecule has 0 saturated heterocycles. The van der Waals surface area contributed by atoms with Crippen molar-refractivity contribution in [3.63, 3.8) is 0 Å². The molecule has 0 radical (unpaired) electrons. The van der Waals surface area contributed by atoms with Crippen LogP contribution in [0.4, 0.5) is 5.82 Å². The number of benzene rings is 1. The fraction of sp³-hybridized carbons (Fsp3) is 0.267.